The van der Waals surface area contributed by atoms with Crippen LogP contribution in [0.25, 0.3) is 0 Å². The predicted molar refractivity (Wildman–Crippen MR) is 137 cm³/mol. The van der Waals surface area contributed by atoms with Crippen LogP contribution in [0.3, 0.4) is 0 Å². The lowest BCUT2D eigenvalue weighted by molar-refractivity contribution is -0.384. The van der Waals surface area contributed by atoms with E-state index in [1.54, 1.807) is 6.92 Å². The minimum Gasteiger partial charge on any atom is -0.352 e. The van der Waals surface area contributed by atoms with Crippen molar-refractivity contribution >= 4 is 33.2 Å². The lowest BCUT2D eigenvalue weighted by Crippen LogP contribution is -2.53. The summed E-state index contributed by atoms with van der Waals surface area (Å²) in [6.07, 6.45) is 5.15. The Labute approximate surface area is 211 Å². The Morgan fingerprint density at radius 3 is 2.36 bits per heavy atom. The first-order valence-corrected chi connectivity index (χ1v) is 13.8. The molecule has 1 N–H and O–H groups in total. The Bertz CT molecular complexity index is 1180. The molecule has 0 aliphatic heterocycles. The van der Waals surface area contributed by atoms with Gasteiger partial charge in [-0.3, -0.25) is 24.0 Å². The maximum atomic E-state index is 13.6. The zero-order valence-electron chi connectivity index (χ0n) is 20.5. The van der Waals surface area contributed by atoms with E-state index in [1.807, 2.05) is 30.3 Å². The van der Waals surface area contributed by atoms with Crippen molar-refractivity contribution < 1.29 is 22.9 Å². The summed E-state index contributed by atoms with van der Waals surface area (Å²) in [5.74, 6) is -0.848. The third-order valence-corrected chi connectivity index (χ3v) is 7.43. The van der Waals surface area contributed by atoms with E-state index in [0.29, 0.717) is 6.42 Å². The fourth-order valence-electron chi connectivity index (χ4n) is 4.44. The van der Waals surface area contributed by atoms with Crippen LogP contribution in [0.2, 0.25) is 0 Å². The van der Waals surface area contributed by atoms with Crippen molar-refractivity contribution in [2.45, 2.75) is 57.7 Å². The Balaban J connectivity index is 1.92. The fourth-order valence-corrected chi connectivity index (χ4v) is 5.28. The SMILES string of the molecule is CCC(C(=O)NC1CCCC1)N(Cc1ccccc1)C(=O)CN(c1cccc([N+](=O)[O-])c1)S(C)(=O)=O. The van der Waals surface area contributed by atoms with Crippen LogP contribution in [0.5, 0.6) is 0 Å². The molecule has 10 nitrogen and oxygen atoms in total. The molecule has 1 unspecified atom stereocenters. The zero-order valence-corrected chi connectivity index (χ0v) is 21.3. The molecule has 36 heavy (non-hydrogen) atoms. The average Bonchev–Trinajstić information content (AvgIpc) is 3.35. The topological polar surface area (TPSA) is 130 Å². The highest BCUT2D eigenvalue weighted by Crippen LogP contribution is 2.24. The van der Waals surface area contributed by atoms with Gasteiger partial charge in [0.05, 0.1) is 16.9 Å². The summed E-state index contributed by atoms with van der Waals surface area (Å²) < 4.78 is 26.1. The smallest absolute Gasteiger partial charge is 0.271 e. The maximum Gasteiger partial charge on any atom is 0.271 e. The molecule has 0 saturated heterocycles. The normalized spacial score (nSPS) is 14.7. The highest BCUT2D eigenvalue weighted by Gasteiger charge is 2.33. The molecule has 0 heterocycles. The van der Waals surface area contributed by atoms with Crippen molar-refractivity contribution in [3.8, 4) is 0 Å². The van der Waals surface area contributed by atoms with E-state index in [1.165, 1.54) is 23.1 Å². The van der Waals surface area contributed by atoms with Crippen LogP contribution in [-0.2, 0) is 26.2 Å². The van der Waals surface area contributed by atoms with Crippen LogP contribution in [0.15, 0.2) is 54.6 Å². The number of anilines is 1. The molecule has 2 amide bonds. The molecule has 1 aliphatic carbocycles. The number of hydrogen-bond acceptors (Lipinski definition) is 6. The Hall–Kier alpha value is -3.47. The van der Waals surface area contributed by atoms with Crippen LogP contribution in [0.4, 0.5) is 11.4 Å². The lowest BCUT2D eigenvalue weighted by atomic mass is 10.1. The van der Waals surface area contributed by atoms with Gasteiger partial charge in [-0.2, -0.15) is 0 Å². The summed E-state index contributed by atoms with van der Waals surface area (Å²) in [4.78, 5) is 38.9. The number of nitrogens with one attached hydrogen (secondary N) is 1. The number of hydrogen-bond donors (Lipinski definition) is 1. The summed E-state index contributed by atoms with van der Waals surface area (Å²) in [6.45, 7) is 1.32. The van der Waals surface area contributed by atoms with Crippen molar-refractivity contribution in [1.82, 2.24) is 10.2 Å². The Morgan fingerprint density at radius 1 is 1.11 bits per heavy atom. The van der Waals surface area contributed by atoms with E-state index in [9.17, 15) is 28.1 Å². The minimum atomic E-state index is -3.97. The number of carbonyl (C=O) groups excluding carboxylic acids is 2. The van der Waals surface area contributed by atoms with Crippen LogP contribution < -0.4 is 9.62 Å². The van der Waals surface area contributed by atoms with E-state index in [4.69, 9.17) is 0 Å². The molecular weight excluding hydrogens is 484 g/mol. The van der Waals surface area contributed by atoms with Crippen molar-refractivity contribution in [3.05, 3.63) is 70.3 Å². The highest BCUT2D eigenvalue weighted by atomic mass is 32.2. The van der Waals surface area contributed by atoms with Crippen LogP contribution >= 0.6 is 0 Å². The number of non-ortho nitro benzene ring substituents is 1. The molecule has 0 aromatic heterocycles. The van der Waals surface area contributed by atoms with Gasteiger partial charge < -0.3 is 10.2 Å². The van der Waals surface area contributed by atoms with E-state index in [2.05, 4.69) is 5.32 Å². The molecule has 2 aromatic rings. The fraction of sp³-hybridized carbons (Fsp3) is 0.440. The third kappa shape index (κ3) is 7.03. The highest BCUT2D eigenvalue weighted by molar-refractivity contribution is 7.92. The summed E-state index contributed by atoms with van der Waals surface area (Å²) in [7, 11) is -3.97. The van der Waals surface area contributed by atoms with Gasteiger partial charge in [0.15, 0.2) is 0 Å². The van der Waals surface area contributed by atoms with Crippen molar-refractivity contribution in [2.24, 2.45) is 0 Å². The average molecular weight is 517 g/mol. The van der Waals surface area contributed by atoms with Gasteiger partial charge in [-0.15, -0.1) is 0 Å². The number of nitro benzene ring substituents is 1. The zero-order chi connectivity index (χ0) is 26.3. The van der Waals surface area contributed by atoms with Gasteiger partial charge in [0.2, 0.25) is 21.8 Å². The molecule has 1 saturated carbocycles. The van der Waals surface area contributed by atoms with E-state index >= 15 is 0 Å². The molecule has 0 bridgehead atoms. The molecule has 1 fully saturated rings. The second kappa shape index (κ2) is 12.0. The molecule has 194 valence electrons. The minimum absolute atomic E-state index is 0.00293. The van der Waals surface area contributed by atoms with E-state index in [0.717, 1.165) is 47.9 Å². The van der Waals surface area contributed by atoms with Crippen LogP contribution in [0, 0.1) is 10.1 Å². The van der Waals surface area contributed by atoms with Crippen molar-refractivity contribution in [1.29, 1.82) is 0 Å². The number of benzene rings is 2. The molecule has 0 spiro atoms. The van der Waals surface area contributed by atoms with Gasteiger partial charge in [-0.1, -0.05) is 56.2 Å². The van der Waals surface area contributed by atoms with Gasteiger partial charge in [0, 0.05) is 24.7 Å². The predicted octanol–water partition coefficient (Wildman–Crippen LogP) is 3.23. The molecule has 11 heteroatoms. The largest absolute Gasteiger partial charge is 0.352 e. The van der Waals surface area contributed by atoms with Crippen molar-refractivity contribution in [2.75, 3.05) is 17.1 Å². The third-order valence-electron chi connectivity index (χ3n) is 6.29. The Morgan fingerprint density at radius 2 is 1.78 bits per heavy atom. The number of nitrogens with zero attached hydrogens (tertiary/aromatic N) is 3. The quantitative estimate of drug-likeness (QED) is 0.361. The number of nitro groups is 1. The standard InChI is InChI=1S/C25H32N4O6S/c1-3-23(25(31)26-20-12-7-8-13-20)27(17-19-10-5-4-6-11-19)24(30)18-28(36(2,34)35)21-14-9-15-22(16-21)29(32)33/h4-6,9-11,14-16,20,23H,3,7-8,12-13,17-18H2,1-2H3,(H,26,31). The van der Waals surface area contributed by atoms with Gasteiger partial charge in [-0.05, 0) is 30.9 Å². The molecule has 1 aliphatic rings. The first kappa shape index (κ1) is 27.1. The number of amides is 2. The van der Waals surface area contributed by atoms with E-state index < -0.39 is 33.4 Å². The second-order valence-corrected chi connectivity index (χ2v) is 10.9. The van der Waals surface area contributed by atoms with Gasteiger partial charge in [0.1, 0.15) is 12.6 Å². The molecular formula is C25H32N4O6S. The lowest BCUT2D eigenvalue weighted by Gasteiger charge is -2.33. The first-order chi connectivity index (χ1) is 17.1. The van der Waals surface area contributed by atoms with Crippen LogP contribution in [0.1, 0.15) is 44.6 Å². The van der Waals surface area contributed by atoms with Crippen molar-refractivity contribution in [3.63, 3.8) is 0 Å². The summed E-state index contributed by atoms with van der Waals surface area (Å²) in [5.41, 5.74) is 0.500. The van der Waals surface area contributed by atoms with E-state index in [-0.39, 0.29) is 29.9 Å². The molecule has 1 atom stereocenters. The number of sulfonamides is 1. The monoisotopic (exact) mass is 516 g/mol. The van der Waals surface area contributed by atoms with Gasteiger partial charge >= 0.3 is 0 Å². The summed E-state index contributed by atoms with van der Waals surface area (Å²) in [5, 5.41) is 14.3. The summed E-state index contributed by atoms with van der Waals surface area (Å²) in [6, 6.07) is 13.5. The van der Waals surface area contributed by atoms with Gasteiger partial charge in [0.25, 0.3) is 5.69 Å². The van der Waals surface area contributed by atoms with Crippen LogP contribution in [-0.4, -0.2) is 54.9 Å². The molecule has 0 radical (unpaired) electrons. The first-order valence-electron chi connectivity index (χ1n) is 12.0. The number of carbonyl (C=O) groups is 2. The number of rotatable bonds is 11. The van der Waals surface area contributed by atoms with Gasteiger partial charge in [-0.25, -0.2) is 8.42 Å². The molecule has 3 rings (SSSR count). The second-order valence-electron chi connectivity index (χ2n) is 8.97. The summed E-state index contributed by atoms with van der Waals surface area (Å²) >= 11 is 0. The maximum absolute atomic E-state index is 13.6. The Kier molecular flexibility index (Phi) is 9.03. The molecule has 2 aromatic carbocycles.